The number of aromatic nitrogens is 2. The highest BCUT2D eigenvalue weighted by Crippen LogP contribution is 1.89. The summed E-state index contributed by atoms with van der Waals surface area (Å²) in [4.78, 5) is 16.7. The number of hydrogen-bond donors (Lipinski definition) is 1. The summed E-state index contributed by atoms with van der Waals surface area (Å²) in [6.45, 7) is 3.12. The van der Waals surface area contributed by atoms with E-state index in [9.17, 15) is 4.79 Å². The quantitative estimate of drug-likeness (QED) is 0.754. The first-order chi connectivity index (χ1) is 6.74. The van der Waals surface area contributed by atoms with Crippen LogP contribution in [0.2, 0.25) is 0 Å². The van der Waals surface area contributed by atoms with Crippen LogP contribution in [-0.4, -0.2) is 41.2 Å². The van der Waals surface area contributed by atoms with Gasteiger partial charge in [0, 0.05) is 26.6 Å². The Bertz CT molecular complexity index is 273. The van der Waals surface area contributed by atoms with Gasteiger partial charge in [-0.2, -0.15) is 4.98 Å². The van der Waals surface area contributed by atoms with E-state index in [1.807, 2.05) is 6.92 Å². The Labute approximate surface area is 82.3 Å². The van der Waals surface area contributed by atoms with Crippen LogP contribution in [0, 0.1) is 0 Å². The average Bonchev–Trinajstić information content (AvgIpc) is 2.69. The average molecular weight is 198 g/mol. The van der Waals surface area contributed by atoms with Crippen molar-refractivity contribution in [2.75, 3.05) is 20.1 Å². The molecule has 78 valence electrons. The molecule has 0 radical (unpaired) electrons. The number of hydrogen-bond acceptors (Lipinski definition) is 4. The Kier molecular flexibility index (Phi) is 3.90. The molecule has 0 fully saturated rings. The molecule has 6 nitrogen and oxygen atoms in total. The van der Waals surface area contributed by atoms with Crippen LogP contribution in [0.25, 0.3) is 0 Å². The fraction of sp³-hybridized carbons (Fsp3) is 0.625. The minimum atomic E-state index is -0.0870. The van der Waals surface area contributed by atoms with Crippen LogP contribution in [-0.2, 0) is 6.42 Å². The molecule has 14 heavy (non-hydrogen) atoms. The predicted molar refractivity (Wildman–Crippen MR) is 49.7 cm³/mol. The van der Waals surface area contributed by atoms with E-state index in [4.69, 9.17) is 0 Å². The number of carbonyl (C=O) groups is 1. The molecule has 1 N–H and O–H groups in total. The molecule has 1 aromatic rings. The van der Waals surface area contributed by atoms with Crippen molar-refractivity contribution >= 4 is 6.03 Å². The van der Waals surface area contributed by atoms with Crippen molar-refractivity contribution in [2.45, 2.75) is 13.3 Å². The monoisotopic (exact) mass is 198 g/mol. The second-order valence-electron chi connectivity index (χ2n) is 2.84. The molecule has 0 atom stereocenters. The van der Waals surface area contributed by atoms with Crippen molar-refractivity contribution < 1.29 is 9.32 Å². The third-order valence-electron chi connectivity index (χ3n) is 1.85. The SMILES string of the molecule is CCN(C)C(=O)NCCc1ncon1. The van der Waals surface area contributed by atoms with Crippen LogP contribution in [0.5, 0.6) is 0 Å². The number of nitrogens with one attached hydrogen (secondary N) is 1. The molecule has 0 aliphatic rings. The molecular weight excluding hydrogens is 184 g/mol. The highest BCUT2D eigenvalue weighted by atomic mass is 16.5. The van der Waals surface area contributed by atoms with E-state index in [0.29, 0.717) is 25.3 Å². The first-order valence-electron chi connectivity index (χ1n) is 4.48. The summed E-state index contributed by atoms with van der Waals surface area (Å²) in [5, 5.41) is 6.36. The van der Waals surface area contributed by atoms with Crippen LogP contribution >= 0.6 is 0 Å². The Balaban J connectivity index is 2.18. The second-order valence-corrected chi connectivity index (χ2v) is 2.84. The molecule has 1 heterocycles. The van der Waals surface area contributed by atoms with E-state index >= 15 is 0 Å². The van der Waals surface area contributed by atoms with Gasteiger partial charge in [-0.1, -0.05) is 5.16 Å². The minimum absolute atomic E-state index is 0.0870. The van der Waals surface area contributed by atoms with Gasteiger partial charge in [-0.15, -0.1) is 0 Å². The van der Waals surface area contributed by atoms with Gasteiger partial charge in [0.25, 0.3) is 0 Å². The first kappa shape index (κ1) is 10.5. The largest absolute Gasteiger partial charge is 0.343 e. The van der Waals surface area contributed by atoms with Gasteiger partial charge in [0.05, 0.1) is 0 Å². The van der Waals surface area contributed by atoms with E-state index < -0.39 is 0 Å². The van der Waals surface area contributed by atoms with E-state index in [1.54, 1.807) is 11.9 Å². The van der Waals surface area contributed by atoms with Gasteiger partial charge in [-0.3, -0.25) is 0 Å². The standard InChI is InChI=1S/C8H14N4O2/c1-3-12(2)8(13)9-5-4-7-10-6-14-11-7/h6H,3-5H2,1-2H3,(H,9,13). The van der Waals surface area contributed by atoms with Crippen molar-refractivity contribution in [1.29, 1.82) is 0 Å². The molecule has 0 aliphatic carbocycles. The third kappa shape index (κ3) is 3.04. The number of nitrogens with zero attached hydrogens (tertiary/aromatic N) is 3. The van der Waals surface area contributed by atoms with Gasteiger partial charge in [-0.25, -0.2) is 4.79 Å². The van der Waals surface area contributed by atoms with Crippen molar-refractivity contribution in [3.05, 3.63) is 12.2 Å². The molecule has 0 unspecified atom stereocenters. The van der Waals surface area contributed by atoms with E-state index in [-0.39, 0.29) is 6.03 Å². The van der Waals surface area contributed by atoms with Crippen LogP contribution in [0.4, 0.5) is 4.79 Å². The molecule has 0 bridgehead atoms. The van der Waals surface area contributed by atoms with Gasteiger partial charge < -0.3 is 14.7 Å². The van der Waals surface area contributed by atoms with Gasteiger partial charge in [-0.05, 0) is 6.92 Å². The predicted octanol–water partition coefficient (Wildman–Crippen LogP) is 0.273. The van der Waals surface area contributed by atoms with Crippen LogP contribution in [0.3, 0.4) is 0 Å². The summed E-state index contributed by atoms with van der Waals surface area (Å²) >= 11 is 0. The van der Waals surface area contributed by atoms with Crippen LogP contribution < -0.4 is 5.32 Å². The minimum Gasteiger partial charge on any atom is -0.343 e. The summed E-state index contributed by atoms with van der Waals surface area (Å²) in [6.07, 6.45) is 1.86. The smallest absolute Gasteiger partial charge is 0.317 e. The summed E-state index contributed by atoms with van der Waals surface area (Å²) in [5.74, 6) is 0.601. The number of amides is 2. The molecule has 1 aromatic heterocycles. The molecule has 6 heteroatoms. The maximum Gasteiger partial charge on any atom is 0.317 e. The number of urea groups is 1. The molecular formula is C8H14N4O2. The summed E-state index contributed by atoms with van der Waals surface area (Å²) in [7, 11) is 1.74. The fourth-order valence-electron chi connectivity index (χ4n) is 0.862. The zero-order chi connectivity index (χ0) is 10.4. The van der Waals surface area contributed by atoms with E-state index in [1.165, 1.54) is 6.39 Å². The van der Waals surface area contributed by atoms with Crippen molar-refractivity contribution in [2.24, 2.45) is 0 Å². The van der Waals surface area contributed by atoms with Crippen LogP contribution in [0.15, 0.2) is 10.9 Å². The zero-order valence-corrected chi connectivity index (χ0v) is 8.36. The molecule has 0 aromatic carbocycles. The van der Waals surface area contributed by atoms with E-state index in [2.05, 4.69) is 20.0 Å². The third-order valence-corrected chi connectivity index (χ3v) is 1.85. The molecule has 0 saturated heterocycles. The number of carbonyl (C=O) groups excluding carboxylic acids is 1. The lowest BCUT2D eigenvalue weighted by atomic mass is 10.4. The first-order valence-corrected chi connectivity index (χ1v) is 4.48. The van der Waals surface area contributed by atoms with Crippen molar-refractivity contribution in [3.63, 3.8) is 0 Å². The van der Waals surface area contributed by atoms with Crippen molar-refractivity contribution in [3.8, 4) is 0 Å². The topological polar surface area (TPSA) is 71.3 Å². The van der Waals surface area contributed by atoms with Crippen molar-refractivity contribution in [1.82, 2.24) is 20.4 Å². The number of rotatable bonds is 4. The van der Waals surface area contributed by atoms with Crippen LogP contribution in [0.1, 0.15) is 12.7 Å². The lowest BCUT2D eigenvalue weighted by molar-refractivity contribution is 0.211. The van der Waals surface area contributed by atoms with Gasteiger partial charge in [0.1, 0.15) is 0 Å². The molecule has 0 saturated carbocycles. The lowest BCUT2D eigenvalue weighted by Gasteiger charge is -2.14. The Morgan fingerprint density at radius 1 is 1.71 bits per heavy atom. The zero-order valence-electron chi connectivity index (χ0n) is 8.36. The Morgan fingerprint density at radius 2 is 2.50 bits per heavy atom. The summed E-state index contributed by atoms with van der Waals surface area (Å²) in [6, 6.07) is -0.0870. The summed E-state index contributed by atoms with van der Waals surface area (Å²) in [5.41, 5.74) is 0. The highest BCUT2D eigenvalue weighted by Gasteiger charge is 2.05. The summed E-state index contributed by atoms with van der Waals surface area (Å²) < 4.78 is 4.56. The van der Waals surface area contributed by atoms with E-state index in [0.717, 1.165) is 0 Å². The lowest BCUT2D eigenvalue weighted by Crippen LogP contribution is -2.38. The maximum absolute atomic E-state index is 11.3. The molecule has 0 spiro atoms. The Morgan fingerprint density at radius 3 is 3.07 bits per heavy atom. The molecule has 1 rings (SSSR count). The normalized spacial score (nSPS) is 9.86. The van der Waals surface area contributed by atoms with Gasteiger partial charge >= 0.3 is 6.03 Å². The highest BCUT2D eigenvalue weighted by molar-refractivity contribution is 5.73. The Hall–Kier alpha value is -1.59. The fourth-order valence-corrected chi connectivity index (χ4v) is 0.862. The van der Waals surface area contributed by atoms with Gasteiger partial charge in [0.15, 0.2) is 5.82 Å². The second kappa shape index (κ2) is 5.21. The molecule has 2 amide bonds. The molecule has 0 aliphatic heterocycles. The van der Waals surface area contributed by atoms with Gasteiger partial charge in [0.2, 0.25) is 6.39 Å². The maximum atomic E-state index is 11.3.